The fourth-order valence-corrected chi connectivity index (χ4v) is 2.58. The molecule has 1 aliphatic heterocycles. The second kappa shape index (κ2) is 4.77. The second-order valence-electron chi connectivity index (χ2n) is 4.40. The van der Waals surface area contributed by atoms with Gasteiger partial charge in [0, 0.05) is 18.6 Å². The van der Waals surface area contributed by atoms with Gasteiger partial charge in [0.15, 0.2) is 0 Å². The highest BCUT2D eigenvalue weighted by atomic mass is 16.3. The number of aliphatic hydroxyl groups is 1. The number of hydrogen-bond donors (Lipinski definition) is 2. The molecular weight excluding hydrogens is 186 g/mol. The zero-order chi connectivity index (χ0) is 10.6. The maximum Gasteiger partial charge on any atom is 0.0440 e. The fourth-order valence-electron chi connectivity index (χ4n) is 2.58. The lowest BCUT2D eigenvalue weighted by Gasteiger charge is -2.38. The summed E-state index contributed by atoms with van der Waals surface area (Å²) < 4.78 is 0. The molecule has 1 atom stereocenters. The van der Waals surface area contributed by atoms with Gasteiger partial charge in [0.05, 0.1) is 0 Å². The zero-order valence-electron chi connectivity index (χ0n) is 9.08. The molecule has 1 heterocycles. The first kappa shape index (κ1) is 10.7. The van der Waals surface area contributed by atoms with Crippen molar-refractivity contribution in [1.29, 1.82) is 0 Å². The van der Waals surface area contributed by atoms with Crippen molar-refractivity contribution in [2.45, 2.75) is 24.7 Å². The van der Waals surface area contributed by atoms with Gasteiger partial charge in [-0.25, -0.2) is 0 Å². The van der Waals surface area contributed by atoms with E-state index in [2.05, 4.69) is 29.6 Å². The molecule has 2 heteroatoms. The summed E-state index contributed by atoms with van der Waals surface area (Å²) in [6, 6.07) is 10.6. The molecule has 2 rings (SSSR count). The van der Waals surface area contributed by atoms with E-state index in [1.807, 2.05) is 6.07 Å². The molecular formula is C13H19NO. The van der Waals surface area contributed by atoms with E-state index >= 15 is 0 Å². The van der Waals surface area contributed by atoms with Crippen molar-refractivity contribution in [2.24, 2.45) is 0 Å². The number of rotatable bonds is 3. The number of nitrogens with one attached hydrogen (secondary N) is 1. The van der Waals surface area contributed by atoms with Gasteiger partial charge < -0.3 is 10.4 Å². The van der Waals surface area contributed by atoms with Crippen LogP contribution in [0.15, 0.2) is 30.3 Å². The molecule has 2 N–H and O–H groups in total. The van der Waals surface area contributed by atoms with Crippen LogP contribution in [-0.2, 0) is 5.41 Å². The van der Waals surface area contributed by atoms with E-state index in [-0.39, 0.29) is 12.0 Å². The summed E-state index contributed by atoms with van der Waals surface area (Å²) in [5.41, 5.74) is 1.53. The van der Waals surface area contributed by atoms with Gasteiger partial charge in [0.1, 0.15) is 0 Å². The Morgan fingerprint density at radius 3 is 2.67 bits per heavy atom. The average Bonchev–Trinajstić information content (AvgIpc) is 2.32. The highest BCUT2D eigenvalue weighted by Gasteiger charge is 2.32. The van der Waals surface area contributed by atoms with Crippen LogP contribution in [0.5, 0.6) is 0 Å². The summed E-state index contributed by atoms with van der Waals surface area (Å²) in [6.45, 7) is 2.38. The Morgan fingerprint density at radius 2 is 2.07 bits per heavy atom. The van der Waals surface area contributed by atoms with Crippen LogP contribution in [0.4, 0.5) is 0 Å². The van der Waals surface area contributed by atoms with Gasteiger partial charge >= 0.3 is 0 Å². The Kier molecular flexibility index (Phi) is 3.39. The molecule has 1 unspecified atom stereocenters. The van der Waals surface area contributed by atoms with E-state index in [9.17, 15) is 5.11 Å². The summed E-state index contributed by atoms with van der Waals surface area (Å²) in [6.07, 6.45) is 3.25. The predicted octanol–water partition coefficient (Wildman–Crippen LogP) is 1.69. The monoisotopic (exact) mass is 205 g/mol. The van der Waals surface area contributed by atoms with Crippen LogP contribution in [0.3, 0.4) is 0 Å². The van der Waals surface area contributed by atoms with E-state index in [4.69, 9.17) is 0 Å². The maximum atomic E-state index is 9.22. The highest BCUT2D eigenvalue weighted by molar-refractivity contribution is 5.26. The Morgan fingerprint density at radius 1 is 1.27 bits per heavy atom. The van der Waals surface area contributed by atoms with Crippen LogP contribution in [0.25, 0.3) is 0 Å². The molecule has 2 nitrogen and oxygen atoms in total. The van der Waals surface area contributed by atoms with Crippen LogP contribution < -0.4 is 5.32 Å². The first-order valence-electron chi connectivity index (χ1n) is 5.74. The lowest BCUT2D eigenvalue weighted by molar-refractivity contribution is 0.207. The van der Waals surface area contributed by atoms with Gasteiger partial charge in [-0.15, -0.1) is 0 Å². The Hall–Kier alpha value is -0.860. The molecule has 15 heavy (non-hydrogen) atoms. The SMILES string of the molecule is OCCC1(c2ccccc2)CCCNC1. The van der Waals surface area contributed by atoms with Gasteiger partial charge in [-0.1, -0.05) is 30.3 Å². The molecule has 0 bridgehead atoms. The zero-order valence-corrected chi connectivity index (χ0v) is 9.08. The molecule has 0 spiro atoms. The van der Waals surface area contributed by atoms with Crippen LogP contribution in [0, 0.1) is 0 Å². The van der Waals surface area contributed by atoms with Crippen LogP contribution in [0.1, 0.15) is 24.8 Å². The highest BCUT2D eigenvalue weighted by Crippen LogP contribution is 2.34. The van der Waals surface area contributed by atoms with Crippen LogP contribution >= 0.6 is 0 Å². The van der Waals surface area contributed by atoms with Gasteiger partial charge in [-0.2, -0.15) is 0 Å². The van der Waals surface area contributed by atoms with Gasteiger partial charge in [-0.3, -0.25) is 0 Å². The average molecular weight is 205 g/mol. The Balaban J connectivity index is 2.25. The second-order valence-corrected chi connectivity index (χ2v) is 4.40. The topological polar surface area (TPSA) is 32.3 Å². The van der Waals surface area contributed by atoms with E-state index in [1.165, 1.54) is 18.4 Å². The molecule has 0 aromatic heterocycles. The maximum absolute atomic E-state index is 9.22. The minimum atomic E-state index is 0.161. The summed E-state index contributed by atoms with van der Waals surface area (Å²) in [4.78, 5) is 0. The standard InChI is InChI=1S/C13H19NO/c15-10-8-13(7-4-9-14-11-13)12-5-2-1-3-6-12/h1-3,5-6,14-15H,4,7-11H2. The third-order valence-electron chi connectivity index (χ3n) is 3.45. The van der Waals surface area contributed by atoms with Crippen molar-refractivity contribution in [1.82, 2.24) is 5.32 Å². The summed E-state index contributed by atoms with van der Waals surface area (Å²) >= 11 is 0. The van der Waals surface area contributed by atoms with Crippen molar-refractivity contribution in [2.75, 3.05) is 19.7 Å². The molecule has 1 saturated heterocycles. The minimum absolute atomic E-state index is 0.161. The molecule has 1 aromatic carbocycles. The first-order valence-corrected chi connectivity index (χ1v) is 5.74. The van der Waals surface area contributed by atoms with Crippen LogP contribution in [0.2, 0.25) is 0 Å². The molecule has 1 aromatic rings. The predicted molar refractivity (Wildman–Crippen MR) is 61.9 cm³/mol. The molecule has 82 valence electrons. The van der Waals surface area contributed by atoms with E-state index in [0.29, 0.717) is 0 Å². The lowest BCUT2D eigenvalue weighted by Crippen LogP contribution is -2.44. The van der Waals surface area contributed by atoms with E-state index < -0.39 is 0 Å². The number of piperidine rings is 1. The smallest absolute Gasteiger partial charge is 0.0440 e. The molecule has 0 radical (unpaired) electrons. The number of benzene rings is 1. The number of aliphatic hydroxyl groups excluding tert-OH is 1. The third-order valence-corrected chi connectivity index (χ3v) is 3.45. The summed E-state index contributed by atoms with van der Waals surface area (Å²) in [5.74, 6) is 0. The molecule has 1 fully saturated rings. The van der Waals surface area contributed by atoms with Crippen molar-refractivity contribution in [3.05, 3.63) is 35.9 Å². The largest absolute Gasteiger partial charge is 0.396 e. The van der Waals surface area contributed by atoms with Crippen molar-refractivity contribution < 1.29 is 5.11 Å². The molecule has 1 aliphatic rings. The third kappa shape index (κ3) is 2.21. The van der Waals surface area contributed by atoms with E-state index in [1.54, 1.807) is 0 Å². The van der Waals surface area contributed by atoms with E-state index in [0.717, 1.165) is 19.5 Å². The summed E-state index contributed by atoms with van der Waals surface area (Å²) in [7, 11) is 0. The first-order chi connectivity index (χ1) is 7.37. The fraction of sp³-hybridized carbons (Fsp3) is 0.538. The normalized spacial score (nSPS) is 26.5. The van der Waals surface area contributed by atoms with Gasteiger partial charge in [0.25, 0.3) is 0 Å². The summed E-state index contributed by atoms with van der Waals surface area (Å²) in [5, 5.41) is 12.7. The molecule has 0 aliphatic carbocycles. The van der Waals surface area contributed by atoms with Gasteiger partial charge in [0.2, 0.25) is 0 Å². The Bertz CT molecular complexity index is 285. The quantitative estimate of drug-likeness (QED) is 0.787. The van der Waals surface area contributed by atoms with Crippen molar-refractivity contribution in [3.8, 4) is 0 Å². The number of hydrogen-bond acceptors (Lipinski definition) is 2. The van der Waals surface area contributed by atoms with Crippen molar-refractivity contribution in [3.63, 3.8) is 0 Å². The van der Waals surface area contributed by atoms with Crippen molar-refractivity contribution >= 4 is 0 Å². The minimum Gasteiger partial charge on any atom is -0.396 e. The molecule has 0 saturated carbocycles. The van der Waals surface area contributed by atoms with Crippen LogP contribution in [-0.4, -0.2) is 24.8 Å². The molecule has 0 amide bonds. The Labute approximate surface area is 91.3 Å². The lowest BCUT2D eigenvalue weighted by atomic mass is 9.72. The van der Waals surface area contributed by atoms with Gasteiger partial charge in [-0.05, 0) is 31.4 Å².